The first kappa shape index (κ1) is 16.8. The van der Waals surface area contributed by atoms with Crippen molar-refractivity contribution in [1.29, 1.82) is 0 Å². The quantitative estimate of drug-likeness (QED) is 0.847. The van der Waals surface area contributed by atoms with Crippen LogP contribution in [-0.4, -0.2) is 31.0 Å². The molecule has 0 aliphatic rings. The van der Waals surface area contributed by atoms with Gasteiger partial charge in [-0.05, 0) is 18.3 Å². The summed E-state index contributed by atoms with van der Waals surface area (Å²) in [6.45, 7) is 10.1. The Morgan fingerprint density at radius 1 is 1.45 bits per heavy atom. The fraction of sp³-hybridized carbons (Fsp3) is 0.714. The van der Waals surface area contributed by atoms with Crippen LogP contribution in [0.5, 0.6) is 0 Å². The Kier molecular flexibility index (Phi) is 5.80. The van der Waals surface area contributed by atoms with E-state index in [0.29, 0.717) is 17.2 Å². The molecule has 0 atom stereocenters. The summed E-state index contributed by atoms with van der Waals surface area (Å²) in [6.07, 6.45) is 1.96. The minimum atomic E-state index is -0.125. The van der Waals surface area contributed by atoms with Gasteiger partial charge in [-0.2, -0.15) is 0 Å². The third-order valence-electron chi connectivity index (χ3n) is 2.89. The van der Waals surface area contributed by atoms with Crippen molar-refractivity contribution in [1.82, 2.24) is 10.3 Å². The number of nitrogens with zero attached hydrogens (tertiary/aromatic N) is 2. The van der Waals surface area contributed by atoms with E-state index in [1.165, 1.54) is 11.3 Å². The van der Waals surface area contributed by atoms with E-state index in [0.717, 1.165) is 24.5 Å². The summed E-state index contributed by atoms with van der Waals surface area (Å²) in [4.78, 5) is 18.9. The molecule has 1 amide bonds. The van der Waals surface area contributed by atoms with Gasteiger partial charge in [0.1, 0.15) is 10.7 Å². The van der Waals surface area contributed by atoms with Crippen LogP contribution in [0, 0.1) is 5.41 Å². The van der Waals surface area contributed by atoms with Gasteiger partial charge in [0.15, 0.2) is 5.13 Å². The number of hydrogen-bond donors (Lipinski definition) is 2. The van der Waals surface area contributed by atoms with E-state index in [1.54, 1.807) is 0 Å². The van der Waals surface area contributed by atoms with Crippen molar-refractivity contribution in [3.63, 3.8) is 0 Å². The number of carbonyl (C=O) groups is 1. The number of hydrogen-bond acceptors (Lipinski definition) is 5. The third-order valence-corrected chi connectivity index (χ3v) is 4.08. The molecule has 0 fully saturated rings. The second kappa shape index (κ2) is 6.92. The van der Waals surface area contributed by atoms with Gasteiger partial charge < -0.3 is 16.0 Å². The predicted molar refractivity (Wildman–Crippen MR) is 86.5 cm³/mol. The molecule has 0 radical (unpaired) electrons. The summed E-state index contributed by atoms with van der Waals surface area (Å²) >= 11 is 1.35. The number of rotatable bonds is 6. The maximum atomic E-state index is 12.1. The molecule has 1 heterocycles. The molecule has 0 spiro atoms. The van der Waals surface area contributed by atoms with Gasteiger partial charge in [0.25, 0.3) is 5.91 Å². The Bertz CT molecular complexity index is 451. The largest absolute Gasteiger partial charge is 0.382 e. The fourth-order valence-electron chi connectivity index (χ4n) is 1.71. The van der Waals surface area contributed by atoms with Crippen LogP contribution >= 0.6 is 11.3 Å². The van der Waals surface area contributed by atoms with E-state index in [2.05, 4.69) is 38.0 Å². The molecule has 20 heavy (non-hydrogen) atoms. The first-order chi connectivity index (χ1) is 9.24. The van der Waals surface area contributed by atoms with Crippen molar-refractivity contribution >= 4 is 28.2 Å². The summed E-state index contributed by atoms with van der Waals surface area (Å²) in [7, 11) is 1.96. The number of nitrogens with one attached hydrogen (secondary N) is 1. The Balaban J connectivity index is 2.64. The van der Waals surface area contributed by atoms with E-state index in [4.69, 9.17) is 5.73 Å². The molecule has 6 heteroatoms. The van der Waals surface area contributed by atoms with E-state index in [1.807, 2.05) is 11.9 Å². The molecule has 0 saturated heterocycles. The lowest BCUT2D eigenvalue weighted by Crippen LogP contribution is -2.27. The SMILES string of the molecule is CCCN(C)c1nc(N)c(C(=O)NCCC(C)(C)C)s1. The highest BCUT2D eigenvalue weighted by molar-refractivity contribution is 7.18. The van der Waals surface area contributed by atoms with E-state index < -0.39 is 0 Å². The van der Waals surface area contributed by atoms with Crippen LogP contribution in [0.2, 0.25) is 0 Å². The molecule has 1 aromatic heterocycles. The monoisotopic (exact) mass is 298 g/mol. The first-order valence-electron chi connectivity index (χ1n) is 7.00. The van der Waals surface area contributed by atoms with Crippen molar-refractivity contribution in [2.24, 2.45) is 5.41 Å². The zero-order chi connectivity index (χ0) is 15.3. The average molecular weight is 298 g/mol. The number of aromatic nitrogens is 1. The van der Waals surface area contributed by atoms with Crippen LogP contribution in [-0.2, 0) is 0 Å². The Labute approximate surface area is 125 Å². The summed E-state index contributed by atoms with van der Waals surface area (Å²) < 4.78 is 0. The molecule has 114 valence electrons. The van der Waals surface area contributed by atoms with Crippen molar-refractivity contribution in [2.75, 3.05) is 30.8 Å². The van der Waals surface area contributed by atoms with Gasteiger partial charge in [0, 0.05) is 20.1 Å². The normalized spacial score (nSPS) is 11.4. The van der Waals surface area contributed by atoms with E-state index in [-0.39, 0.29) is 11.3 Å². The molecule has 3 N–H and O–H groups in total. The Morgan fingerprint density at radius 3 is 2.65 bits per heavy atom. The van der Waals surface area contributed by atoms with Gasteiger partial charge >= 0.3 is 0 Å². The summed E-state index contributed by atoms with van der Waals surface area (Å²) in [5, 5.41) is 3.71. The lowest BCUT2D eigenvalue weighted by atomic mass is 9.92. The number of carbonyl (C=O) groups excluding carboxylic acids is 1. The van der Waals surface area contributed by atoms with Crippen molar-refractivity contribution in [3.8, 4) is 0 Å². The molecule has 5 nitrogen and oxygen atoms in total. The lowest BCUT2D eigenvalue weighted by molar-refractivity contribution is 0.0954. The molecule has 0 aromatic carbocycles. The van der Waals surface area contributed by atoms with Crippen LogP contribution in [0.1, 0.15) is 50.2 Å². The minimum absolute atomic E-state index is 0.125. The zero-order valence-electron chi connectivity index (χ0n) is 13.1. The second-order valence-corrected chi connectivity index (χ2v) is 7.18. The lowest BCUT2D eigenvalue weighted by Gasteiger charge is -2.17. The summed E-state index contributed by atoms with van der Waals surface area (Å²) in [6, 6.07) is 0. The smallest absolute Gasteiger partial charge is 0.265 e. The first-order valence-corrected chi connectivity index (χ1v) is 7.82. The van der Waals surface area contributed by atoms with Crippen LogP contribution in [0.25, 0.3) is 0 Å². The summed E-state index contributed by atoms with van der Waals surface area (Å²) in [5.41, 5.74) is 6.05. The van der Waals surface area contributed by atoms with Crippen LogP contribution in [0.15, 0.2) is 0 Å². The predicted octanol–water partition coefficient (Wildman–Crippen LogP) is 2.74. The molecule has 1 aromatic rings. The van der Waals surface area contributed by atoms with Gasteiger partial charge in [-0.25, -0.2) is 4.98 Å². The van der Waals surface area contributed by atoms with E-state index >= 15 is 0 Å². The van der Waals surface area contributed by atoms with Gasteiger partial charge in [-0.1, -0.05) is 39.0 Å². The average Bonchev–Trinajstić information content (AvgIpc) is 2.70. The Hall–Kier alpha value is -1.30. The highest BCUT2D eigenvalue weighted by atomic mass is 32.1. The molecule has 0 aliphatic heterocycles. The molecule has 0 aliphatic carbocycles. The van der Waals surface area contributed by atoms with Gasteiger partial charge in [0.05, 0.1) is 0 Å². The third kappa shape index (κ3) is 5.00. The van der Waals surface area contributed by atoms with Crippen molar-refractivity contribution in [2.45, 2.75) is 40.5 Å². The van der Waals surface area contributed by atoms with Crippen molar-refractivity contribution < 1.29 is 4.79 Å². The van der Waals surface area contributed by atoms with Crippen LogP contribution in [0.3, 0.4) is 0 Å². The molecule has 1 rings (SSSR count). The molecule has 0 unspecified atom stereocenters. The molecular weight excluding hydrogens is 272 g/mol. The standard InChI is InChI=1S/C14H26N4OS/c1-6-9-18(5)13-17-11(15)10(20-13)12(19)16-8-7-14(2,3)4/h6-9,15H2,1-5H3,(H,16,19). The van der Waals surface area contributed by atoms with Crippen LogP contribution < -0.4 is 16.0 Å². The number of amides is 1. The number of nitrogen functional groups attached to an aromatic ring is 1. The molecule has 0 bridgehead atoms. The number of anilines is 2. The Morgan fingerprint density at radius 2 is 2.10 bits per heavy atom. The zero-order valence-corrected chi connectivity index (χ0v) is 13.9. The second-order valence-electron chi connectivity index (χ2n) is 6.20. The minimum Gasteiger partial charge on any atom is -0.382 e. The fourth-order valence-corrected chi connectivity index (χ4v) is 2.60. The maximum Gasteiger partial charge on any atom is 0.265 e. The highest BCUT2D eigenvalue weighted by Crippen LogP contribution is 2.27. The molecule has 0 saturated carbocycles. The van der Waals surface area contributed by atoms with Gasteiger partial charge in [-0.3, -0.25) is 4.79 Å². The highest BCUT2D eigenvalue weighted by Gasteiger charge is 2.18. The molecular formula is C14H26N4OS. The van der Waals surface area contributed by atoms with Gasteiger partial charge in [0.2, 0.25) is 0 Å². The van der Waals surface area contributed by atoms with Crippen LogP contribution in [0.4, 0.5) is 10.9 Å². The maximum absolute atomic E-state index is 12.1. The summed E-state index contributed by atoms with van der Waals surface area (Å²) in [5.74, 6) is 0.196. The van der Waals surface area contributed by atoms with Gasteiger partial charge in [-0.15, -0.1) is 0 Å². The number of nitrogens with two attached hydrogens (primary N) is 1. The topological polar surface area (TPSA) is 71.2 Å². The van der Waals surface area contributed by atoms with Crippen molar-refractivity contribution in [3.05, 3.63) is 4.88 Å². The van der Waals surface area contributed by atoms with E-state index in [9.17, 15) is 4.79 Å². The number of thiazole rings is 1.